The van der Waals surface area contributed by atoms with Crippen LogP contribution in [-0.2, 0) is 0 Å². The minimum Gasteiger partial charge on any atom is -0.322 e. The van der Waals surface area contributed by atoms with Gasteiger partial charge in [-0.15, -0.1) is 0 Å². The van der Waals surface area contributed by atoms with Gasteiger partial charge in [-0.2, -0.15) is 0 Å². The first-order valence-electron chi connectivity index (χ1n) is 5.58. The zero-order chi connectivity index (χ0) is 15.6. The van der Waals surface area contributed by atoms with Crippen LogP contribution >= 0.6 is 22.6 Å². The van der Waals surface area contributed by atoms with Crippen molar-refractivity contribution in [3.05, 3.63) is 67.3 Å². The molecule has 5 nitrogen and oxygen atoms in total. The Labute approximate surface area is 131 Å². The SMILES string of the molecule is O=C(Nc1cc(F)cc(F)c1)c1cc([N+](=O)[O-])ccc1I. The second-order valence-electron chi connectivity index (χ2n) is 4.03. The molecule has 8 heteroatoms. The van der Waals surface area contributed by atoms with Crippen molar-refractivity contribution in [3.8, 4) is 0 Å². The number of hydrogen-bond acceptors (Lipinski definition) is 3. The van der Waals surface area contributed by atoms with Crippen LogP contribution in [0, 0.1) is 25.3 Å². The average Bonchev–Trinajstić information content (AvgIpc) is 2.37. The normalized spacial score (nSPS) is 10.2. The number of carbonyl (C=O) groups is 1. The molecule has 0 saturated heterocycles. The lowest BCUT2D eigenvalue weighted by Gasteiger charge is -2.07. The number of rotatable bonds is 3. The van der Waals surface area contributed by atoms with Gasteiger partial charge in [-0.05, 0) is 40.8 Å². The van der Waals surface area contributed by atoms with Crippen LogP contribution in [-0.4, -0.2) is 10.8 Å². The number of halogens is 3. The summed E-state index contributed by atoms with van der Waals surface area (Å²) in [6.45, 7) is 0. The average molecular weight is 404 g/mol. The minimum atomic E-state index is -0.834. The van der Waals surface area contributed by atoms with Crippen LogP contribution in [0.2, 0.25) is 0 Å². The van der Waals surface area contributed by atoms with Gasteiger partial charge in [-0.1, -0.05) is 0 Å². The highest BCUT2D eigenvalue weighted by Gasteiger charge is 2.16. The topological polar surface area (TPSA) is 72.2 Å². The first-order valence-corrected chi connectivity index (χ1v) is 6.66. The van der Waals surface area contributed by atoms with Crippen LogP contribution in [0.15, 0.2) is 36.4 Å². The van der Waals surface area contributed by atoms with E-state index in [9.17, 15) is 23.7 Å². The number of non-ortho nitro benzene ring substituents is 1. The molecule has 1 amide bonds. The third-order valence-corrected chi connectivity index (χ3v) is 3.47. The number of carbonyl (C=O) groups excluding carboxylic acids is 1. The predicted octanol–water partition coefficient (Wildman–Crippen LogP) is 3.73. The van der Waals surface area contributed by atoms with Gasteiger partial charge < -0.3 is 5.32 Å². The van der Waals surface area contributed by atoms with Gasteiger partial charge in [0.25, 0.3) is 11.6 Å². The molecule has 0 bridgehead atoms. The molecule has 0 aromatic heterocycles. The van der Waals surface area contributed by atoms with Crippen molar-refractivity contribution in [1.29, 1.82) is 0 Å². The molecule has 0 atom stereocenters. The van der Waals surface area contributed by atoms with Gasteiger partial charge in [0, 0.05) is 27.5 Å². The third kappa shape index (κ3) is 3.72. The molecule has 0 aliphatic carbocycles. The number of nitro groups is 1. The van der Waals surface area contributed by atoms with Crippen molar-refractivity contribution in [1.82, 2.24) is 0 Å². The lowest BCUT2D eigenvalue weighted by Crippen LogP contribution is -2.14. The lowest BCUT2D eigenvalue weighted by atomic mass is 10.2. The summed E-state index contributed by atoms with van der Waals surface area (Å²) in [5, 5.41) is 13.0. The molecule has 0 saturated carbocycles. The van der Waals surface area contributed by atoms with Crippen LogP contribution in [0.1, 0.15) is 10.4 Å². The summed E-state index contributed by atoms with van der Waals surface area (Å²) in [7, 11) is 0. The first-order chi connectivity index (χ1) is 9.86. The summed E-state index contributed by atoms with van der Waals surface area (Å²) in [6, 6.07) is 6.36. The van der Waals surface area contributed by atoms with E-state index in [0.29, 0.717) is 9.64 Å². The zero-order valence-electron chi connectivity index (χ0n) is 10.3. The Morgan fingerprint density at radius 1 is 1.14 bits per heavy atom. The molecule has 0 aliphatic rings. The highest BCUT2D eigenvalue weighted by molar-refractivity contribution is 14.1. The van der Waals surface area contributed by atoms with E-state index in [1.165, 1.54) is 12.1 Å². The van der Waals surface area contributed by atoms with Gasteiger partial charge in [0.2, 0.25) is 0 Å². The molecular weight excluding hydrogens is 397 g/mol. The van der Waals surface area contributed by atoms with Crippen molar-refractivity contribution in [2.45, 2.75) is 0 Å². The second kappa shape index (κ2) is 6.12. The fourth-order valence-corrected chi connectivity index (χ4v) is 2.21. The molecule has 0 radical (unpaired) electrons. The lowest BCUT2D eigenvalue weighted by molar-refractivity contribution is -0.384. The van der Waals surface area contributed by atoms with Crippen molar-refractivity contribution < 1.29 is 18.5 Å². The van der Waals surface area contributed by atoms with Crippen LogP contribution in [0.5, 0.6) is 0 Å². The van der Waals surface area contributed by atoms with Crippen LogP contribution in [0.25, 0.3) is 0 Å². The monoisotopic (exact) mass is 404 g/mol. The molecule has 2 aromatic rings. The maximum absolute atomic E-state index is 13.0. The van der Waals surface area contributed by atoms with Gasteiger partial charge in [-0.25, -0.2) is 8.78 Å². The molecule has 0 heterocycles. The maximum Gasteiger partial charge on any atom is 0.270 e. The van der Waals surface area contributed by atoms with E-state index in [2.05, 4.69) is 5.32 Å². The van der Waals surface area contributed by atoms with E-state index < -0.39 is 22.5 Å². The van der Waals surface area contributed by atoms with Crippen molar-refractivity contribution in [2.75, 3.05) is 5.32 Å². The number of nitro benzene ring substituents is 1. The van der Waals surface area contributed by atoms with E-state index in [1.54, 1.807) is 0 Å². The van der Waals surface area contributed by atoms with E-state index in [1.807, 2.05) is 22.6 Å². The van der Waals surface area contributed by atoms with Gasteiger partial charge in [0.1, 0.15) is 11.6 Å². The third-order valence-electron chi connectivity index (χ3n) is 2.53. The predicted molar refractivity (Wildman–Crippen MR) is 80.1 cm³/mol. The fourth-order valence-electron chi connectivity index (χ4n) is 1.63. The van der Waals surface area contributed by atoms with Gasteiger partial charge in [0.05, 0.1) is 10.5 Å². The molecule has 0 aliphatic heterocycles. The number of benzene rings is 2. The van der Waals surface area contributed by atoms with Crippen LogP contribution < -0.4 is 5.32 Å². The van der Waals surface area contributed by atoms with Crippen molar-refractivity contribution in [3.63, 3.8) is 0 Å². The Morgan fingerprint density at radius 2 is 1.76 bits per heavy atom. The van der Waals surface area contributed by atoms with E-state index in [0.717, 1.165) is 18.2 Å². The summed E-state index contributed by atoms with van der Waals surface area (Å²) < 4.78 is 26.6. The Bertz CT molecular complexity index is 717. The van der Waals surface area contributed by atoms with Crippen LogP contribution in [0.3, 0.4) is 0 Å². The maximum atomic E-state index is 13.0. The molecule has 0 spiro atoms. The molecule has 21 heavy (non-hydrogen) atoms. The van der Waals surface area contributed by atoms with Gasteiger partial charge in [-0.3, -0.25) is 14.9 Å². The highest BCUT2D eigenvalue weighted by Crippen LogP contribution is 2.21. The van der Waals surface area contributed by atoms with Gasteiger partial charge in [0.15, 0.2) is 0 Å². The Balaban J connectivity index is 2.31. The van der Waals surface area contributed by atoms with Gasteiger partial charge >= 0.3 is 0 Å². The summed E-state index contributed by atoms with van der Waals surface area (Å²) in [4.78, 5) is 22.1. The quantitative estimate of drug-likeness (QED) is 0.482. The largest absolute Gasteiger partial charge is 0.322 e. The first kappa shape index (κ1) is 15.3. The molecule has 108 valence electrons. The molecule has 2 aromatic carbocycles. The van der Waals surface area contributed by atoms with Crippen molar-refractivity contribution in [2.24, 2.45) is 0 Å². The van der Waals surface area contributed by atoms with Crippen LogP contribution in [0.4, 0.5) is 20.2 Å². The van der Waals surface area contributed by atoms with Crippen molar-refractivity contribution >= 4 is 39.9 Å². The smallest absolute Gasteiger partial charge is 0.270 e. The fraction of sp³-hybridized carbons (Fsp3) is 0. The molecule has 2 rings (SSSR count). The van der Waals surface area contributed by atoms with E-state index in [-0.39, 0.29) is 16.9 Å². The summed E-state index contributed by atoms with van der Waals surface area (Å²) in [6.07, 6.45) is 0. The Kier molecular flexibility index (Phi) is 4.46. The summed E-state index contributed by atoms with van der Waals surface area (Å²) in [5.41, 5.74) is -0.264. The second-order valence-corrected chi connectivity index (χ2v) is 5.20. The Hall–Kier alpha value is -2.10. The Morgan fingerprint density at radius 3 is 2.33 bits per heavy atom. The number of amides is 1. The number of nitrogens with zero attached hydrogens (tertiary/aromatic N) is 1. The standard InChI is InChI=1S/C13H7F2IN2O3/c14-7-3-8(15)5-9(4-7)17-13(19)11-6-10(18(20)21)1-2-12(11)16/h1-6H,(H,17,19). The minimum absolute atomic E-state index is 0.0504. The summed E-state index contributed by atoms with van der Waals surface area (Å²) >= 11 is 1.84. The highest BCUT2D eigenvalue weighted by atomic mass is 127. The molecular formula is C13H7F2IN2O3. The number of nitrogens with one attached hydrogen (secondary N) is 1. The zero-order valence-corrected chi connectivity index (χ0v) is 12.4. The molecule has 1 N–H and O–H groups in total. The molecule has 0 fully saturated rings. The summed E-state index contributed by atoms with van der Waals surface area (Å²) in [5.74, 6) is -2.36. The molecule has 0 unspecified atom stereocenters. The van der Waals surface area contributed by atoms with E-state index >= 15 is 0 Å². The van der Waals surface area contributed by atoms with E-state index in [4.69, 9.17) is 0 Å². The number of anilines is 1. The number of hydrogen-bond donors (Lipinski definition) is 1.